The van der Waals surface area contributed by atoms with Gasteiger partial charge in [-0.05, 0) is 55.0 Å². The smallest absolute Gasteiger partial charge is 0.287 e. The summed E-state index contributed by atoms with van der Waals surface area (Å²) in [6.45, 7) is 0. The minimum absolute atomic E-state index is 0.0163. The molecule has 2 aliphatic rings. The molecule has 2 aliphatic carbocycles. The summed E-state index contributed by atoms with van der Waals surface area (Å²) in [4.78, 5) is 27.0. The summed E-state index contributed by atoms with van der Waals surface area (Å²) in [7, 11) is -4.12. The molecule has 6 nitrogen and oxygen atoms in total. The van der Waals surface area contributed by atoms with Crippen LogP contribution in [0, 0.1) is 0 Å². The number of carbonyl (C=O) groups is 2. The fourth-order valence-electron chi connectivity index (χ4n) is 4.47. The molecule has 1 atom stereocenters. The summed E-state index contributed by atoms with van der Waals surface area (Å²) in [6.07, 6.45) is 10.8. The van der Waals surface area contributed by atoms with Gasteiger partial charge in [0.1, 0.15) is 0 Å². The van der Waals surface area contributed by atoms with Crippen LogP contribution in [-0.2, 0) is 10.0 Å². The van der Waals surface area contributed by atoms with Gasteiger partial charge in [0.2, 0.25) is 5.78 Å². The van der Waals surface area contributed by atoms with Crippen molar-refractivity contribution in [3.63, 3.8) is 0 Å². The van der Waals surface area contributed by atoms with Crippen molar-refractivity contribution in [3.8, 4) is 0 Å². The maximum atomic E-state index is 13.5. The number of sulfonamides is 1. The van der Waals surface area contributed by atoms with Crippen molar-refractivity contribution in [2.45, 2.75) is 30.1 Å². The predicted octanol–water partition coefficient (Wildman–Crippen LogP) is 4.79. The zero-order valence-corrected chi connectivity index (χ0v) is 21.1. The summed E-state index contributed by atoms with van der Waals surface area (Å²) in [5, 5.41) is 0. The van der Waals surface area contributed by atoms with Gasteiger partial charge in [0.25, 0.3) is 21.5 Å². The molecular formula is C27H22BrN2O4S+. The second-order valence-corrected chi connectivity index (χ2v) is 11.1. The van der Waals surface area contributed by atoms with Gasteiger partial charge in [0.15, 0.2) is 18.1 Å². The molecule has 1 heterocycles. The van der Waals surface area contributed by atoms with E-state index in [0.717, 1.165) is 29.3 Å². The molecular weight excluding hydrogens is 528 g/mol. The molecule has 1 N–H and O–H groups in total. The zero-order chi connectivity index (χ0) is 24.6. The molecule has 5 rings (SSSR count). The summed E-state index contributed by atoms with van der Waals surface area (Å²) < 4.78 is 31.0. The van der Waals surface area contributed by atoms with E-state index in [2.05, 4.69) is 32.8 Å². The van der Waals surface area contributed by atoms with E-state index < -0.39 is 21.6 Å². The summed E-state index contributed by atoms with van der Waals surface area (Å²) in [5.74, 6) is -0.583. The third-order valence-electron chi connectivity index (χ3n) is 6.31. The van der Waals surface area contributed by atoms with Gasteiger partial charge in [-0.3, -0.25) is 14.3 Å². The SMILES string of the molecule is O=C1C(NS(=O)(=O)c2ccc(Br)cc2)=C([n+]2ccc(C3CC=CCC3)cc2)C(=O)c2ccccc21. The van der Waals surface area contributed by atoms with Gasteiger partial charge >= 0.3 is 0 Å². The molecule has 0 saturated heterocycles. The number of rotatable bonds is 5. The molecule has 35 heavy (non-hydrogen) atoms. The Balaban J connectivity index is 1.60. The predicted molar refractivity (Wildman–Crippen MR) is 135 cm³/mol. The fourth-order valence-corrected chi connectivity index (χ4v) is 5.80. The second kappa shape index (κ2) is 9.36. The molecule has 1 unspecified atom stereocenters. The Hall–Kier alpha value is -3.36. The number of hydrogen-bond donors (Lipinski definition) is 1. The lowest BCUT2D eigenvalue weighted by molar-refractivity contribution is -0.577. The van der Waals surface area contributed by atoms with E-state index in [-0.39, 0.29) is 27.4 Å². The molecule has 1 aromatic heterocycles. The number of nitrogens with one attached hydrogen (secondary N) is 1. The largest absolute Gasteiger partial charge is 0.287 e. The van der Waals surface area contributed by atoms with E-state index in [0.29, 0.717) is 5.92 Å². The quantitative estimate of drug-likeness (QED) is 0.366. The van der Waals surface area contributed by atoms with Gasteiger partial charge in [0.05, 0.1) is 4.90 Å². The van der Waals surface area contributed by atoms with E-state index in [1.54, 1.807) is 42.7 Å². The van der Waals surface area contributed by atoms with Crippen molar-refractivity contribution in [3.05, 3.63) is 112 Å². The first-order chi connectivity index (χ1) is 16.8. The molecule has 2 aromatic carbocycles. The summed E-state index contributed by atoms with van der Waals surface area (Å²) in [6, 6.07) is 16.4. The van der Waals surface area contributed by atoms with Gasteiger partial charge in [-0.2, -0.15) is 4.57 Å². The fraction of sp³-hybridized carbons (Fsp3) is 0.148. The highest BCUT2D eigenvalue weighted by Gasteiger charge is 2.40. The van der Waals surface area contributed by atoms with E-state index in [1.165, 1.54) is 22.8 Å². The lowest BCUT2D eigenvalue weighted by Crippen LogP contribution is -2.44. The third kappa shape index (κ3) is 4.51. The van der Waals surface area contributed by atoms with Crippen molar-refractivity contribution in [1.29, 1.82) is 0 Å². The molecule has 176 valence electrons. The van der Waals surface area contributed by atoms with Crippen molar-refractivity contribution in [2.24, 2.45) is 0 Å². The number of aromatic nitrogens is 1. The van der Waals surface area contributed by atoms with Crippen LogP contribution >= 0.6 is 15.9 Å². The average Bonchev–Trinajstić information content (AvgIpc) is 2.88. The number of Topliss-reactive ketones (excluding diaryl/α,β-unsaturated/α-hetero) is 2. The van der Waals surface area contributed by atoms with Crippen LogP contribution in [-0.4, -0.2) is 20.0 Å². The Kier molecular flexibility index (Phi) is 6.25. The Bertz CT molecular complexity index is 1490. The number of benzene rings is 2. The number of halogens is 1. The number of allylic oxidation sites excluding steroid dienone is 4. The van der Waals surface area contributed by atoms with E-state index in [9.17, 15) is 18.0 Å². The van der Waals surface area contributed by atoms with E-state index in [1.807, 2.05) is 12.1 Å². The van der Waals surface area contributed by atoms with Crippen LogP contribution in [0.5, 0.6) is 0 Å². The molecule has 0 fully saturated rings. The number of nitrogens with zero attached hydrogens (tertiary/aromatic N) is 1. The molecule has 0 spiro atoms. The normalized spacial score (nSPS) is 17.9. The first kappa shape index (κ1) is 23.4. The van der Waals surface area contributed by atoms with Crippen molar-refractivity contribution < 1.29 is 22.6 Å². The van der Waals surface area contributed by atoms with Crippen LogP contribution < -0.4 is 9.29 Å². The van der Waals surface area contributed by atoms with Crippen LogP contribution in [0.2, 0.25) is 0 Å². The lowest BCUT2D eigenvalue weighted by atomic mass is 9.88. The van der Waals surface area contributed by atoms with Gasteiger partial charge in [-0.25, -0.2) is 8.42 Å². The molecule has 8 heteroatoms. The van der Waals surface area contributed by atoms with Crippen LogP contribution in [0.1, 0.15) is 51.5 Å². The van der Waals surface area contributed by atoms with Crippen molar-refractivity contribution >= 4 is 43.2 Å². The van der Waals surface area contributed by atoms with Gasteiger partial charge in [0, 0.05) is 27.7 Å². The average molecular weight is 550 g/mol. The first-order valence-electron chi connectivity index (χ1n) is 11.2. The summed E-state index contributed by atoms with van der Waals surface area (Å²) in [5.41, 5.74) is 1.26. The third-order valence-corrected chi connectivity index (χ3v) is 8.20. The van der Waals surface area contributed by atoms with Crippen molar-refractivity contribution in [2.75, 3.05) is 0 Å². The van der Waals surface area contributed by atoms with Gasteiger partial charge in [-0.15, -0.1) is 0 Å². The van der Waals surface area contributed by atoms with Gasteiger partial charge < -0.3 is 0 Å². The molecule has 0 radical (unpaired) electrons. The Labute approximate surface area is 212 Å². The van der Waals surface area contributed by atoms with Crippen molar-refractivity contribution in [1.82, 2.24) is 4.72 Å². The Morgan fingerprint density at radius 3 is 2.14 bits per heavy atom. The number of ketones is 2. The molecule has 0 saturated carbocycles. The highest BCUT2D eigenvalue weighted by Crippen LogP contribution is 2.30. The number of pyridine rings is 1. The second-order valence-electron chi connectivity index (χ2n) is 8.51. The topological polar surface area (TPSA) is 84.2 Å². The van der Waals surface area contributed by atoms with Crippen LogP contribution in [0.3, 0.4) is 0 Å². The van der Waals surface area contributed by atoms with E-state index in [4.69, 9.17) is 0 Å². The molecule has 0 bridgehead atoms. The lowest BCUT2D eigenvalue weighted by Gasteiger charge is -2.19. The molecule has 0 aliphatic heterocycles. The van der Waals surface area contributed by atoms with Crippen LogP contribution in [0.4, 0.5) is 0 Å². The van der Waals surface area contributed by atoms with Gasteiger partial charge in [-0.1, -0.05) is 52.3 Å². The van der Waals surface area contributed by atoms with E-state index >= 15 is 0 Å². The monoisotopic (exact) mass is 549 g/mol. The Morgan fingerprint density at radius 2 is 1.51 bits per heavy atom. The minimum atomic E-state index is -4.12. The minimum Gasteiger partial charge on any atom is -0.287 e. The maximum absolute atomic E-state index is 13.5. The standard InChI is InChI=1S/C27H21BrN2O4S/c28-20-10-12-21(13-11-20)35(33,34)29-24-25(27(32)23-9-5-4-8-22(23)26(24)31)30-16-14-19(15-17-30)18-6-2-1-3-7-18/h1-2,4-5,8-18H,3,6-7H2/p+1. The van der Waals surface area contributed by atoms with Crippen LogP contribution in [0.25, 0.3) is 5.70 Å². The number of fused-ring (bicyclic) bond motifs is 1. The highest BCUT2D eigenvalue weighted by atomic mass is 79.9. The highest BCUT2D eigenvalue weighted by molar-refractivity contribution is 9.10. The zero-order valence-electron chi connectivity index (χ0n) is 18.6. The summed E-state index contributed by atoms with van der Waals surface area (Å²) >= 11 is 3.29. The Morgan fingerprint density at radius 1 is 0.857 bits per heavy atom. The molecule has 3 aromatic rings. The number of hydrogen-bond acceptors (Lipinski definition) is 4. The first-order valence-corrected chi connectivity index (χ1v) is 13.5. The number of carbonyl (C=O) groups excluding carboxylic acids is 2. The maximum Gasteiger partial charge on any atom is 0.287 e. The van der Waals surface area contributed by atoms with Crippen LogP contribution in [0.15, 0.2) is 100 Å². The molecule has 0 amide bonds.